The first-order valence-electron chi connectivity index (χ1n) is 10.5. The van der Waals surface area contributed by atoms with Gasteiger partial charge in [-0.2, -0.15) is 0 Å². The standard InChI is InChI=1S/C21H30N6O/c1-25-19(16-26-10-3-2-4-11-26)23-24-21(25)18-8-6-12-27(15-18)20(28)13-17-7-5-9-22-14-17/h5,7,9,14,18H,2-4,6,8,10-13,15-16H2,1H3. The van der Waals surface area contributed by atoms with Gasteiger partial charge < -0.3 is 9.47 Å². The van der Waals surface area contributed by atoms with E-state index in [1.165, 1.54) is 19.3 Å². The van der Waals surface area contributed by atoms with Crippen LogP contribution in [0.1, 0.15) is 55.2 Å². The number of pyridine rings is 1. The first-order valence-corrected chi connectivity index (χ1v) is 10.5. The van der Waals surface area contributed by atoms with E-state index < -0.39 is 0 Å². The summed E-state index contributed by atoms with van der Waals surface area (Å²) in [5.41, 5.74) is 0.970. The highest BCUT2D eigenvalue weighted by Crippen LogP contribution is 2.26. The Labute approximate surface area is 166 Å². The number of rotatable bonds is 5. The van der Waals surface area contributed by atoms with Crippen LogP contribution >= 0.6 is 0 Å². The molecule has 2 aromatic rings. The van der Waals surface area contributed by atoms with Crippen molar-refractivity contribution in [1.29, 1.82) is 0 Å². The predicted octanol–water partition coefficient (Wildman–Crippen LogP) is 2.14. The highest BCUT2D eigenvalue weighted by molar-refractivity contribution is 5.78. The summed E-state index contributed by atoms with van der Waals surface area (Å²) < 4.78 is 2.16. The average Bonchev–Trinajstić information content (AvgIpc) is 3.10. The van der Waals surface area contributed by atoms with Gasteiger partial charge in [0.05, 0.1) is 13.0 Å². The van der Waals surface area contributed by atoms with E-state index in [-0.39, 0.29) is 11.8 Å². The highest BCUT2D eigenvalue weighted by Gasteiger charge is 2.28. The van der Waals surface area contributed by atoms with Crippen molar-refractivity contribution < 1.29 is 4.79 Å². The molecule has 0 radical (unpaired) electrons. The number of hydrogen-bond acceptors (Lipinski definition) is 5. The van der Waals surface area contributed by atoms with E-state index >= 15 is 0 Å². The molecule has 1 amide bonds. The Morgan fingerprint density at radius 3 is 2.79 bits per heavy atom. The molecule has 4 rings (SSSR count). The van der Waals surface area contributed by atoms with E-state index in [1.54, 1.807) is 12.4 Å². The molecule has 0 N–H and O–H groups in total. The number of carbonyl (C=O) groups excluding carboxylic acids is 1. The topological polar surface area (TPSA) is 67.2 Å². The molecular weight excluding hydrogens is 352 g/mol. The van der Waals surface area contributed by atoms with E-state index in [4.69, 9.17) is 0 Å². The molecule has 2 aromatic heterocycles. The SMILES string of the molecule is Cn1c(CN2CCCCC2)nnc1C1CCCN(C(=O)Cc2cccnc2)C1. The van der Waals surface area contributed by atoms with Crippen LogP contribution in [0.4, 0.5) is 0 Å². The molecule has 150 valence electrons. The summed E-state index contributed by atoms with van der Waals surface area (Å²) in [4.78, 5) is 21.3. The number of piperidine rings is 2. The maximum atomic E-state index is 12.7. The van der Waals surface area contributed by atoms with Gasteiger partial charge >= 0.3 is 0 Å². The summed E-state index contributed by atoms with van der Waals surface area (Å²) in [6, 6.07) is 3.84. The van der Waals surface area contributed by atoms with Crippen molar-refractivity contribution in [1.82, 2.24) is 29.5 Å². The van der Waals surface area contributed by atoms with E-state index in [0.717, 1.165) is 62.8 Å². The molecule has 0 aromatic carbocycles. The van der Waals surface area contributed by atoms with Gasteiger partial charge in [0.2, 0.25) is 5.91 Å². The van der Waals surface area contributed by atoms with Crippen molar-refractivity contribution in [2.24, 2.45) is 7.05 Å². The molecule has 0 saturated carbocycles. The maximum Gasteiger partial charge on any atom is 0.227 e. The van der Waals surface area contributed by atoms with Crippen molar-refractivity contribution in [2.75, 3.05) is 26.2 Å². The molecule has 7 nitrogen and oxygen atoms in total. The molecule has 0 bridgehead atoms. The average molecular weight is 383 g/mol. The Balaban J connectivity index is 1.39. The number of hydrogen-bond donors (Lipinski definition) is 0. The van der Waals surface area contributed by atoms with Gasteiger partial charge in [-0.3, -0.25) is 14.7 Å². The molecule has 0 spiro atoms. The van der Waals surface area contributed by atoms with Crippen molar-refractivity contribution in [2.45, 2.75) is 51.0 Å². The number of nitrogens with zero attached hydrogens (tertiary/aromatic N) is 6. The summed E-state index contributed by atoms with van der Waals surface area (Å²) in [6.45, 7) is 4.74. The zero-order valence-corrected chi connectivity index (χ0v) is 16.8. The van der Waals surface area contributed by atoms with E-state index in [1.807, 2.05) is 17.0 Å². The molecule has 2 aliphatic heterocycles. The van der Waals surface area contributed by atoms with Crippen LogP contribution in [0.5, 0.6) is 0 Å². The summed E-state index contributed by atoms with van der Waals surface area (Å²) in [7, 11) is 2.07. The maximum absolute atomic E-state index is 12.7. The van der Waals surface area contributed by atoms with Gasteiger partial charge in [-0.1, -0.05) is 12.5 Å². The largest absolute Gasteiger partial charge is 0.342 e. The van der Waals surface area contributed by atoms with Crippen molar-refractivity contribution in [3.8, 4) is 0 Å². The van der Waals surface area contributed by atoms with Gasteiger partial charge in [-0.05, 0) is 50.4 Å². The van der Waals surface area contributed by atoms with Gasteiger partial charge in [0, 0.05) is 38.4 Å². The summed E-state index contributed by atoms with van der Waals surface area (Å²) in [6.07, 6.45) is 9.90. The van der Waals surface area contributed by atoms with Gasteiger partial charge in [-0.25, -0.2) is 0 Å². The molecule has 1 atom stereocenters. The van der Waals surface area contributed by atoms with Crippen LogP contribution in [0.25, 0.3) is 0 Å². The molecule has 28 heavy (non-hydrogen) atoms. The zero-order valence-electron chi connectivity index (χ0n) is 16.8. The predicted molar refractivity (Wildman–Crippen MR) is 107 cm³/mol. The highest BCUT2D eigenvalue weighted by atomic mass is 16.2. The van der Waals surface area contributed by atoms with E-state index in [2.05, 4.69) is 31.7 Å². The third-order valence-electron chi connectivity index (χ3n) is 6.03. The van der Waals surface area contributed by atoms with Gasteiger partial charge in [0.15, 0.2) is 0 Å². The fourth-order valence-electron chi connectivity index (χ4n) is 4.39. The number of amides is 1. The Kier molecular flexibility index (Phi) is 6.00. The Morgan fingerprint density at radius 1 is 1.14 bits per heavy atom. The number of aromatic nitrogens is 4. The lowest BCUT2D eigenvalue weighted by Gasteiger charge is -2.32. The molecule has 7 heteroatoms. The number of likely N-dealkylation sites (tertiary alicyclic amines) is 2. The first-order chi connectivity index (χ1) is 13.7. The minimum atomic E-state index is 0.174. The Morgan fingerprint density at radius 2 is 2.00 bits per heavy atom. The second kappa shape index (κ2) is 8.82. The van der Waals surface area contributed by atoms with Crippen molar-refractivity contribution >= 4 is 5.91 Å². The molecule has 2 aliphatic rings. The van der Waals surface area contributed by atoms with E-state index in [0.29, 0.717) is 6.42 Å². The van der Waals surface area contributed by atoms with Crippen molar-refractivity contribution in [3.63, 3.8) is 0 Å². The third kappa shape index (κ3) is 4.41. The quantitative estimate of drug-likeness (QED) is 0.793. The smallest absolute Gasteiger partial charge is 0.227 e. The molecule has 0 aliphatic carbocycles. The first kappa shape index (κ1) is 19.1. The Bertz CT molecular complexity index is 783. The fraction of sp³-hybridized carbons (Fsp3) is 0.619. The molecule has 2 saturated heterocycles. The lowest BCUT2D eigenvalue weighted by molar-refractivity contribution is -0.131. The van der Waals surface area contributed by atoms with Crippen LogP contribution < -0.4 is 0 Å². The monoisotopic (exact) mass is 382 g/mol. The molecular formula is C21H30N6O. The number of carbonyl (C=O) groups is 1. The van der Waals surface area contributed by atoms with Crippen LogP contribution in [0.2, 0.25) is 0 Å². The lowest BCUT2D eigenvalue weighted by atomic mass is 9.96. The summed E-state index contributed by atoms with van der Waals surface area (Å²) >= 11 is 0. The van der Waals surface area contributed by atoms with Crippen LogP contribution in [0.3, 0.4) is 0 Å². The third-order valence-corrected chi connectivity index (χ3v) is 6.03. The van der Waals surface area contributed by atoms with Crippen LogP contribution in [0.15, 0.2) is 24.5 Å². The molecule has 4 heterocycles. The summed E-state index contributed by atoms with van der Waals surface area (Å²) in [5, 5.41) is 9.00. The second-order valence-corrected chi connectivity index (χ2v) is 8.09. The van der Waals surface area contributed by atoms with E-state index in [9.17, 15) is 4.79 Å². The zero-order chi connectivity index (χ0) is 19.3. The Hall–Kier alpha value is -2.28. The minimum absolute atomic E-state index is 0.174. The second-order valence-electron chi connectivity index (χ2n) is 8.09. The van der Waals surface area contributed by atoms with Crippen LogP contribution in [-0.4, -0.2) is 61.6 Å². The molecule has 2 fully saturated rings. The minimum Gasteiger partial charge on any atom is -0.342 e. The fourth-order valence-corrected chi connectivity index (χ4v) is 4.39. The summed E-state index contributed by atoms with van der Waals surface area (Å²) in [5.74, 6) is 2.49. The van der Waals surface area contributed by atoms with Gasteiger partial charge in [0.25, 0.3) is 0 Å². The van der Waals surface area contributed by atoms with Gasteiger partial charge in [-0.15, -0.1) is 10.2 Å². The normalized spacial score (nSPS) is 21.0. The van der Waals surface area contributed by atoms with Crippen LogP contribution in [0, 0.1) is 0 Å². The van der Waals surface area contributed by atoms with Crippen LogP contribution in [-0.2, 0) is 24.8 Å². The van der Waals surface area contributed by atoms with Gasteiger partial charge in [0.1, 0.15) is 11.6 Å². The molecule has 1 unspecified atom stereocenters. The lowest BCUT2D eigenvalue weighted by Crippen LogP contribution is -2.40. The van der Waals surface area contributed by atoms with Crippen molar-refractivity contribution in [3.05, 3.63) is 41.7 Å².